The van der Waals surface area contributed by atoms with Crippen LogP contribution in [0.5, 0.6) is 0 Å². The Kier molecular flexibility index (Phi) is 6.14. The fourth-order valence-electron chi connectivity index (χ4n) is 2.23. The first-order valence-corrected chi connectivity index (χ1v) is 7.68. The lowest BCUT2D eigenvalue weighted by atomic mass is 10.1. The molecule has 0 spiro atoms. The highest BCUT2D eigenvalue weighted by Gasteiger charge is 2.13. The number of nitrogens with one attached hydrogen (secondary N) is 2. The Bertz CT molecular complexity index is 691. The van der Waals surface area contributed by atoms with Gasteiger partial charge >= 0.3 is 6.03 Å². The lowest BCUT2D eigenvalue weighted by Gasteiger charge is -2.15. The lowest BCUT2D eigenvalue weighted by molar-refractivity contribution is 0.169. The maximum atomic E-state index is 13.5. The number of carbonyl (C=O) groups is 1. The van der Waals surface area contributed by atoms with Gasteiger partial charge in [-0.05, 0) is 23.8 Å². The monoisotopic (exact) mass is 331 g/mol. The molecule has 2 amide bonds. The summed E-state index contributed by atoms with van der Waals surface area (Å²) in [5, 5.41) is 15.2. The molecule has 0 bridgehead atoms. The largest absolute Gasteiger partial charge is 0.386 e. The van der Waals surface area contributed by atoms with E-state index < -0.39 is 18.0 Å². The van der Waals surface area contributed by atoms with Gasteiger partial charge in [0.15, 0.2) is 0 Å². The maximum absolute atomic E-state index is 13.5. The molecule has 0 aliphatic carbocycles. The van der Waals surface area contributed by atoms with E-state index in [1.807, 2.05) is 43.3 Å². The summed E-state index contributed by atoms with van der Waals surface area (Å²) in [7, 11) is 3.90. The average Bonchev–Trinajstić information content (AvgIpc) is 2.58. The second-order valence-electron chi connectivity index (χ2n) is 5.67. The number of anilines is 1. The van der Waals surface area contributed by atoms with Gasteiger partial charge in [-0.25, -0.2) is 9.18 Å². The summed E-state index contributed by atoms with van der Waals surface area (Å²) in [5.41, 5.74) is 2.17. The van der Waals surface area contributed by atoms with E-state index in [0.29, 0.717) is 6.54 Å². The molecule has 1 atom stereocenters. The molecule has 128 valence electrons. The van der Waals surface area contributed by atoms with Gasteiger partial charge in [-0.3, -0.25) is 0 Å². The van der Waals surface area contributed by atoms with E-state index in [9.17, 15) is 14.3 Å². The van der Waals surface area contributed by atoms with Gasteiger partial charge in [-0.2, -0.15) is 0 Å². The van der Waals surface area contributed by atoms with E-state index in [0.717, 1.165) is 11.3 Å². The van der Waals surface area contributed by atoms with Crippen molar-refractivity contribution in [2.24, 2.45) is 0 Å². The second kappa shape index (κ2) is 8.31. The molecule has 0 heterocycles. The molecule has 3 N–H and O–H groups in total. The third-order valence-corrected chi connectivity index (χ3v) is 3.60. The van der Waals surface area contributed by atoms with Crippen LogP contribution in [0.4, 0.5) is 14.9 Å². The van der Waals surface area contributed by atoms with Crippen molar-refractivity contribution in [3.8, 4) is 0 Å². The fraction of sp³-hybridized carbons (Fsp3) is 0.278. The van der Waals surface area contributed by atoms with Gasteiger partial charge in [0, 0.05) is 38.4 Å². The Labute approximate surface area is 141 Å². The molecule has 5 nitrogen and oxygen atoms in total. The van der Waals surface area contributed by atoms with Gasteiger partial charge in [0.05, 0.1) is 6.10 Å². The smallest absolute Gasteiger partial charge is 0.315 e. The summed E-state index contributed by atoms with van der Waals surface area (Å²) in [6.45, 7) is 0.299. The lowest BCUT2D eigenvalue weighted by Crippen LogP contribution is -2.37. The molecular weight excluding hydrogens is 309 g/mol. The predicted molar refractivity (Wildman–Crippen MR) is 92.4 cm³/mol. The Morgan fingerprint density at radius 3 is 2.62 bits per heavy atom. The maximum Gasteiger partial charge on any atom is 0.315 e. The highest BCUT2D eigenvalue weighted by molar-refractivity contribution is 5.73. The van der Waals surface area contributed by atoms with Crippen molar-refractivity contribution in [3.63, 3.8) is 0 Å². The number of halogens is 1. The minimum atomic E-state index is -1.09. The molecule has 2 rings (SSSR count). The number of urea groups is 1. The highest BCUT2D eigenvalue weighted by Crippen LogP contribution is 2.15. The van der Waals surface area contributed by atoms with Gasteiger partial charge in [-0.15, -0.1) is 0 Å². The molecule has 24 heavy (non-hydrogen) atoms. The van der Waals surface area contributed by atoms with Crippen LogP contribution < -0.4 is 15.5 Å². The standard InChI is InChI=1S/C18H22FN3O2/c1-22(2)14-7-5-6-13(10-14)11-20-18(24)21-12-17(23)15-8-3-4-9-16(15)19/h3-10,17,23H,11-12H2,1-2H3,(H2,20,21,24). The minimum Gasteiger partial charge on any atom is -0.386 e. The van der Waals surface area contributed by atoms with E-state index in [-0.39, 0.29) is 12.1 Å². The summed E-state index contributed by atoms with van der Waals surface area (Å²) < 4.78 is 13.5. The van der Waals surface area contributed by atoms with Gasteiger partial charge in [0.1, 0.15) is 5.82 Å². The summed E-state index contributed by atoms with van der Waals surface area (Å²) >= 11 is 0. The number of rotatable bonds is 6. The number of amides is 2. The van der Waals surface area contributed by atoms with Gasteiger partial charge in [0.2, 0.25) is 0 Å². The molecule has 1 unspecified atom stereocenters. The van der Waals surface area contributed by atoms with Gasteiger partial charge < -0.3 is 20.6 Å². The van der Waals surface area contributed by atoms with Crippen molar-refractivity contribution in [2.45, 2.75) is 12.6 Å². The van der Waals surface area contributed by atoms with Crippen LogP contribution >= 0.6 is 0 Å². The van der Waals surface area contributed by atoms with E-state index in [1.165, 1.54) is 12.1 Å². The number of hydrogen-bond donors (Lipinski definition) is 3. The first-order valence-electron chi connectivity index (χ1n) is 7.68. The zero-order chi connectivity index (χ0) is 17.5. The summed E-state index contributed by atoms with van der Waals surface area (Å²) in [6.07, 6.45) is -1.09. The number of nitrogens with zero attached hydrogens (tertiary/aromatic N) is 1. The van der Waals surface area contributed by atoms with Crippen molar-refractivity contribution >= 4 is 11.7 Å². The summed E-state index contributed by atoms with van der Waals surface area (Å²) in [4.78, 5) is 13.8. The fourth-order valence-corrected chi connectivity index (χ4v) is 2.23. The Hall–Kier alpha value is -2.60. The molecule has 0 aliphatic heterocycles. The van der Waals surface area contributed by atoms with Crippen LogP contribution in [-0.2, 0) is 6.54 Å². The molecule has 0 aliphatic rings. The zero-order valence-electron chi connectivity index (χ0n) is 13.8. The summed E-state index contributed by atoms with van der Waals surface area (Å²) in [5.74, 6) is -0.493. The molecule has 0 fully saturated rings. The quantitative estimate of drug-likeness (QED) is 0.762. The molecule has 0 aromatic heterocycles. The van der Waals surface area contributed by atoms with Crippen LogP contribution in [-0.4, -0.2) is 31.8 Å². The van der Waals surface area contributed by atoms with Crippen LogP contribution in [0.1, 0.15) is 17.2 Å². The third kappa shape index (κ3) is 4.96. The van der Waals surface area contributed by atoms with E-state index in [2.05, 4.69) is 10.6 Å². The predicted octanol–water partition coefficient (Wildman–Crippen LogP) is 2.42. The molecule has 0 saturated carbocycles. The normalized spacial score (nSPS) is 11.7. The van der Waals surface area contributed by atoms with Crippen molar-refractivity contribution in [1.82, 2.24) is 10.6 Å². The first kappa shape index (κ1) is 17.7. The number of aliphatic hydroxyl groups is 1. The van der Waals surface area contributed by atoms with E-state index in [4.69, 9.17) is 0 Å². The molecule has 2 aromatic rings. The first-order chi connectivity index (χ1) is 11.5. The van der Waals surface area contributed by atoms with E-state index in [1.54, 1.807) is 12.1 Å². The van der Waals surface area contributed by atoms with Gasteiger partial charge in [0.25, 0.3) is 0 Å². The summed E-state index contributed by atoms with van der Waals surface area (Å²) in [6, 6.07) is 13.3. The number of carbonyl (C=O) groups excluding carboxylic acids is 1. The molecule has 6 heteroatoms. The SMILES string of the molecule is CN(C)c1cccc(CNC(=O)NCC(O)c2ccccc2F)c1. The van der Waals surface area contributed by atoms with Crippen molar-refractivity contribution < 1.29 is 14.3 Å². The average molecular weight is 331 g/mol. The van der Waals surface area contributed by atoms with Crippen molar-refractivity contribution in [2.75, 3.05) is 25.5 Å². The molecule has 2 aromatic carbocycles. The molecule has 0 saturated heterocycles. The van der Waals surface area contributed by atoms with Crippen LogP contribution in [0.25, 0.3) is 0 Å². The van der Waals surface area contributed by atoms with Gasteiger partial charge in [-0.1, -0.05) is 30.3 Å². The molecular formula is C18H22FN3O2. The topological polar surface area (TPSA) is 64.6 Å². The number of benzene rings is 2. The van der Waals surface area contributed by atoms with Crippen LogP contribution in [0.2, 0.25) is 0 Å². The van der Waals surface area contributed by atoms with Crippen molar-refractivity contribution in [3.05, 3.63) is 65.5 Å². The van der Waals surface area contributed by atoms with Crippen molar-refractivity contribution in [1.29, 1.82) is 0 Å². The second-order valence-corrected chi connectivity index (χ2v) is 5.67. The third-order valence-electron chi connectivity index (χ3n) is 3.60. The van der Waals surface area contributed by atoms with Crippen LogP contribution in [0.3, 0.4) is 0 Å². The highest BCUT2D eigenvalue weighted by atomic mass is 19.1. The van der Waals surface area contributed by atoms with Crippen LogP contribution in [0, 0.1) is 5.82 Å². The Morgan fingerprint density at radius 1 is 1.17 bits per heavy atom. The number of aliphatic hydroxyl groups excluding tert-OH is 1. The minimum absolute atomic E-state index is 0.0650. The Morgan fingerprint density at radius 2 is 1.92 bits per heavy atom. The zero-order valence-corrected chi connectivity index (χ0v) is 13.8. The van der Waals surface area contributed by atoms with Crippen LogP contribution in [0.15, 0.2) is 48.5 Å². The van der Waals surface area contributed by atoms with E-state index >= 15 is 0 Å². The Balaban J connectivity index is 1.81. The molecule has 0 radical (unpaired) electrons. The number of hydrogen-bond acceptors (Lipinski definition) is 3.